The van der Waals surface area contributed by atoms with E-state index in [0.717, 1.165) is 11.0 Å². The van der Waals surface area contributed by atoms with Gasteiger partial charge in [0.1, 0.15) is 5.75 Å². The predicted octanol–water partition coefficient (Wildman–Crippen LogP) is 4.78. The summed E-state index contributed by atoms with van der Waals surface area (Å²) in [6.45, 7) is 11.1. The van der Waals surface area contributed by atoms with E-state index in [-0.39, 0.29) is 35.3 Å². The molecule has 1 N–H and O–H groups in total. The van der Waals surface area contributed by atoms with Crippen molar-refractivity contribution in [3.63, 3.8) is 0 Å². The summed E-state index contributed by atoms with van der Waals surface area (Å²) < 4.78 is 0. The molecule has 2 aromatic carbocycles. The van der Waals surface area contributed by atoms with Crippen molar-refractivity contribution in [3.05, 3.63) is 53.6 Å². The first-order valence-electron chi connectivity index (χ1n) is 13.9. The number of fused-ring (bicyclic) bond motifs is 5. The Morgan fingerprint density at radius 2 is 1.31 bits per heavy atom. The maximum atomic E-state index is 14.0. The molecule has 2 aromatic rings. The minimum atomic E-state index is -0.703. The number of nitrogens with zero attached hydrogens (tertiary/aromatic N) is 2. The van der Waals surface area contributed by atoms with Crippen molar-refractivity contribution in [1.82, 2.24) is 9.80 Å². The highest BCUT2D eigenvalue weighted by atomic mass is 16.3. The zero-order valence-corrected chi connectivity index (χ0v) is 23.4. The number of phenolic OH excluding ortho intramolecular Hbond substituents is 1. The Balaban J connectivity index is 1.54. The van der Waals surface area contributed by atoms with Gasteiger partial charge in [-0.1, -0.05) is 48.0 Å². The molecule has 1 saturated carbocycles. The van der Waals surface area contributed by atoms with E-state index in [0.29, 0.717) is 23.8 Å². The van der Waals surface area contributed by atoms with E-state index < -0.39 is 40.7 Å². The van der Waals surface area contributed by atoms with E-state index in [1.807, 2.05) is 84.0 Å². The van der Waals surface area contributed by atoms with Crippen LogP contribution in [0.3, 0.4) is 0 Å². The molecule has 7 nitrogen and oxygen atoms in total. The molecule has 4 aliphatic rings. The third-order valence-electron chi connectivity index (χ3n) is 9.26. The van der Waals surface area contributed by atoms with Crippen LogP contribution in [0.2, 0.25) is 0 Å². The second kappa shape index (κ2) is 8.26. The molecule has 204 valence electrons. The smallest absolute Gasteiger partial charge is 0.234 e. The lowest BCUT2D eigenvalue weighted by Crippen LogP contribution is -2.47. The van der Waals surface area contributed by atoms with Crippen molar-refractivity contribution in [2.75, 3.05) is 0 Å². The Hall–Kier alpha value is -3.48. The Bertz CT molecular complexity index is 1480. The lowest BCUT2D eigenvalue weighted by atomic mass is 9.57. The van der Waals surface area contributed by atoms with E-state index in [1.165, 1.54) is 9.80 Å². The maximum Gasteiger partial charge on any atom is 0.234 e. The van der Waals surface area contributed by atoms with Crippen LogP contribution >= 0.6 is 0 Å². The first-order valence-corrected chi connectivity index (χ1v) is 13.9. The average molecular weight is 529 g/mol. The molecule has 2 aliphatic heterocycles. The summed E-state index contributed by atoms with van der Waals surface area (Å²) in [4.78, 5) is 58.0. The van der Waals surface area contributed by atoms with Gasteiger partial charge in [-0.05, 0) is 65.7 Å². The quantitative estimate of drug-likeness (QED) is 0.425. The van der Waals surface area contributed by atoms with Gasteiger partial charge in [-0.3, -0.25) is 29.0 Å². The summed E-state index contributed by atoms with van der Waals surface area (Å²) in [7, 11) is 0. The van der Waals surface area contributed by atoms with Crippen molar-refractivity contribution >= 4 is 34.4 Å². The van der Waals surface area contributed by atoms with Crippen LogP contribution in [-0.4, -0.2) is 49.6 Å². The van der Waals surface area contributed by atoms with Crippen molar-refractivity contribution in [1.29, 1.82) is 0 Å². The fraction of sp³-hybridized carbons (Fsp3) is 0.500. The van der Waals surface area contributed by atoms with Crippen molar-refractivity contribution in [3.8, 4) is 5.75 Å². The molecule has 4 amide bonds. The summed E-state index contributed by atoms with van der Waals surface area (Å²) in [6.07, 6.45) is 2.77. The fourth-order valence-corrected chi connectivity index (χ4v) is 7.78. The zero-order chi connectivity index (χ0) is 28.2. The number of likely N-dealkylation sites (tertiary alicyclic amines) is 2. The van der Waals surface area contributed by atoms with Crippen LogP contribution in [0, 0.1) is 29.6 Å². The first-order chi connectivity index (χ1) is 18.2. The van der Waals surface area contributed by atoms with E-state index in [4.69, 9.17) is 0 Å². The molecule has 2 saturated heterocycles. The molecule has 6 atom stereocenters. The largest absolute Gasteiger partial charge is 0.507 e. The Morgan fingerprint density at radius 1 is 0.718 bits per heavy atom. The fourth-order valence-electron chi connectivity index (χ4n) is 7.78. The zero-order valence-electron chi connectivity index (χ0n) is 23.4. The topological polar surface area (TPSA) is 95.0 Å². The highest BCUT2D eigenvalue weighted by Crippen LogP contribution is 2.60. The standard InChI is InChI=1S/C32H36N2O5/c1-31(2,3)33-27(36)20-14-13-18-21(24(20)29(33)38)15-22-25(30(39)34(28(22)37)32(4,5)6)23(18)19-12-11-16-9-7-8-10-17(16)26(19)35/h7-13,20-25,35H,14-15H2,1-6H3/t20-,21+,22+,23+,24-,25+/m0/s1. The number of aromatic hydroxyl groups is 1. The number of rotatable bonds is 1. The number of amides is 4. The van der Waals surface area contributed by atoms with Gasteiger partial charge in [-0.25, -0.2) is 0 Å². The number of hydrogen-bond donors (Lipinski definition) is 1. The maximum absolute atomic E-state index is 14.0. The molecule has 0 unspecified atom stereocenters. The average Bonchev–Trinajstić information content (AvgIpc) is 3.27. The Kier molecular flexibility index (Phi) is 5.46. The van der Waals surface area contributed by atoms with E-state index in [9.17, 15) is 24.3 Å². The monoisotopic (exact) mass is 528 g/mol. The number of hydrogen-bond acceptors (Lipinski definition) is 5. The molecule has 0 bridgehead atoms. The van der Waals surface area contributed by atoms with Crippen LogP contribution in [0.4, 0.5) is 0 Å². The number of carbonyl (C=O) groups is 4. The van der Waals surface area contributed by atoms with Crippen molar-refractivity contribution in [2.24, 2.45) is 29.6 Å². The molecule has 6 rings (SSSR count). The lowest BCUT2D eigenvalue weighted by Gasteiger charge is -2.44. The van der Waals surface area contributed by atoms with Gasteiger partial charge < -0.3 is 5.11 Å². The normalized spacial score (nSPS) is 31.0. The molecular weight excluding hydrogens is 492 g/mol. The molecule has 7 heteroatoms. The van der Waals surface area contributed by atoms with Crippen LogP contribution in [0.1, 0.15) is 65.9 Å². The van der Waals surface area contributed by atoms with Gasteiger partial charge in [0, 0.05) is 27.9 Å². The number of benzene rings is 2. The van der Waals surface area contributed by atoms with Crippen LogP contribution < -0.4 is 0 Å². The van der Waals surface area contributed by atoms with Gasteiger partial charge in [-0.2, -0.15) is 0 Å². The SMILES string of the molecule is CC(C)(C)N1C(=O)[C@H]2[C@H](CC=C3[C@H]2C[C@H]2C(=O)N(C(C)(C)C)C(=O)[C@H]2[C@H]3c2ccc3ccccc3c2O)C1=O. The number of allylic oxidation sites excluding steroid dienone is 2. The van der Waals surface area contributed by atoms with E-state index in [1.54, 1.807) is 0 Å². The van der Waals surface area contributed by atoms with Gasteiger partial charge in [0.25, 0.3) is 0 Å². The molecule has 0 radical (unpaired) electrons. The highest BCUT2D eigenvalue weighted by molar-refractivity contribution is 6.08. The minimum absolute atomic E-state index is 0.0973. The van der Waals surface area contributed by atoms with Crippen LogP contribution in [0.5, 0.6) is 5.75 Å². The van der Waals surface area contributed by atoms with Crippen molar-refractivity contribution in [2.45, 2.75) is 71.4 Å². The minimum Gasteiger partial charge on any atom is -0.507 e. The molecule has 2 aliphatic carbocycles. The molecule has 2 heterocycles. The number of imide groups is 2. The lowest BCUT2D eigenvalue weighted by molar-refractivity contribution is -0.147. The Morgan fingerprint density at radius 3 is 1.95 bits per heavy atom. The van der Waals surface area contributed by atoms with E-state index in [2.05, 4.69) is 0 Å². The number of phenols is 1. The summed E-state index contributed by atoms with van der Waals surface area (Å²) in [5.74, 6) is -3.99. The highest BCUT2D eigenvalue weighted by Gasteiger charge is 2.63. The van der Waals surface area contributed by atoms with Crippen LogP contribution in [0.15, 0.2) is 48.0 Å². The van der Waals surface area contributed by atoms with Gasteiger partial charge in [-0.15, -0.1) is 0 Å². The summed E-state index contributed by atoms with van der Waals surface area (Å²) in [6, 6.07) is 11.3. The third-order valence-corrected chi connectivity index (χ3v) is 9.26. The molecule has 3 fully saturated rings. The molecule has 0 aromatic heterocycles. The second-order valence-electron chi connectivity index (χ2n) is 13.6. The summed E-state index contributed by atoms with van der Waals surface area (Å²) >= 11 is 0. The van der Waals surface area contributed by atoms with Crippen LogP contribution in [0.25, 0.3) is 10.8 Å². The van der Waals surface area contributed by atoms with Crippen LogP contribution in [-0.2, 0) is 19.2 Å². The van der Waals surface area contributed by atoms with E-state index >= 15 is 0 Å². The molecule has 39 heavy (non-hydrogen) atoms. The number of carbonyl (C=O) groups excluding carboxylic acids is 4. The predicted molar refractivity (Wildman–Crippen MR) is 146 cm³/mol. The van der Waals surface area contributed by atoms with Crippen molar-refractivity contribution < 1.29 is 24.3 Å². The Labute approximate surface area is 228 Å². The molecular formula is C32H36N2O5. The summed E-state index contributed by atoms with van der Waals surface area (Å²) in [5.41, 5.74) is 0.142. The second-order valence-corrected chi connectivity index (χ2v) is 13.6. The van der Waals surface area contributed by atoms with Gasteiger partial charge in [0.15, 0.2) is 0 Å². The van der Waals surface area contributed by atoms with Gasteiger partial charge in [0.05, 0.1) is 23.7 Å². The summed E-state index contributed by atoms with van der Waals surface area (Å²) in [5, 5.41) is 13.1. The third kappa shape index (κ3) is 3.54. The van der Waals surface area contributed by atoms with Gasteiger partial charge >= 0.3 is 0 Å². The first kappa shape index (κ1) is 25.8. The van der Waals surface area contributed by atoms with Gasteiger partial charge in [0.2, 0.25) is 23.6 Å². The molecule has 0 spiro atoms.